The van der Waals surface area contributed by atoms with Crippen molar-refractivity contribution in [3.8, 4) is 11.1 Å². The van der Waals surface area contributed by atoms with Crippen molar-refractivity contribution in [2.45, 2.75) is 44.2 Å². The predicted molar refractivity (Wildman–Crippen MR) is 87.4 cm³/mol. The van der Waals surface area contributed by atoms with E-state index in [-0.39, 0.29) is 11.9 Å². The average Bonchev–Trinajstić information content (AvgIpc) is 3.04. The van der Waals surface area contributed by atoms with Crippen molar-refractivity contribution in [1.29, 1.82) is 0 Å². The Labute approximate surface area is 135 Å². The van der Waals surface area contributed by atoms with Crippen molar-refractivity contribution >= 4 is 5.91 Å². The highest BCUT2D eigenvalue weighted by Crippen LogP contribution is 2.30. The second-order valence-electron chi connectivity index (χ2n) is 6.18. The summed E-state index contributed by atoms with van der Waals surface area (Å²) in [5, 5.41) is 13.2. The topological polar surface area (TPSA) is 75.1 Å². The van der Waals surface area contributed by atoms with Crippen LogP contribution in [0.1, 0.15) is 44.2 Å². The molecule has 1 unspecified atom stereocenters. The minimum absolute atomic E-state index is 0.145. The van der Waals surface area contributed by atoms with E-state index in [0.717, 1.165) is 29.5 Å². The van der Waals surface area contributed by atoms with Gasteiger partial charge in [0.2, 0.25) is 0 Å². The Kier molecular flexibility index (Phi) is 4.39. The Bertz CT molecular complexity index is 664. The van der Waals surface area contributed by atoms with Crippen molar-refractivity contribution < 1.29 is 9.90 Å². The second kappa shape index (κ2) is 6.46. The molecule has 2 aromatic rings. The van der Waals surface area contributed by atoms with E-state index in [1.165, 1.54) is 6.33 Å². The lowest BCUT2D eigenvalue weighted by Crippen LogP contribution is -2.45. The van der Waals surface area contributed by atoms with Crippen LogP contribution < -0.4 is 5.32 Å². The number of carbonyl (C=O) groups excluding carboxylic acids is 1. The number of nitrogens with one attached hydrogen (secondary N) is 1. The van der Waals surface area contributed by atoms with Crippen molar-refractivity contribution in [1.82, 2.24) is 15.3 Å². The standard InChI is InChI=1S/C18H21N3O2/c1-13(21-17(22)18(23)8-2-3-9-18)14-4-6-15(7-5-14)16-10-19-12-20-11-16/h4-7,10-13,23H,2-3,8-9H2,1H3,(H,21,22). The smallest absolute Gasteiger partial charge is 0.252 e. The Morgan fingerprint density at radius 3 is 2.35 bits per heavy atom. The maximum Gasteiger partial charge on any atom is 0.252 e. The first kappa shape index (κ1) is 15.6. The monoisotopic (exact) mass is 311 g/mol. The van der Waals surface area contributed by atoms with Crippen molar-refractivity contribution in [3.05, 3.63) is 48.5 Å². The van der Waals surface area contributed by atoms with E-state index >= 15 is 0 Å². The molecule has 1 amide bonds. The Morgan fingerprint density at radius 1 is 1.13 bits per heavy atom. The lowest BCUT2D eigenvalue weighted by Gasteiger charge is -2.24. The summed E-state index contributed by atoms with van der Waals surface area (Å²) in [7, 11) is 0. The van der Waals surface area contributed by atoms with Crippen LogP contribution in [0.5, 0.6) is 0 Å². The normalized spacial score (nSPS) is 17.7. The van der Waals surface area contributed by atoms with Crippen molar-refractivity contribution in [3.63, 3.8) is 0 Å². The third-order valence-electron chi connectivity index (χ3n) is 4.51. The van der Waals surface area contributed by atoms with E-state index in [0.29, 0.717) is 12.8 Å². The third-order valence-corrected chi connectivity index (χ3v) is 4.51. The van der Waals surface area contributed by atoms with E-state index < -0.39 is 5.60 Å². The summed E-state index contributed by atoms with van der Waals surface area (Å²) in [5.41, 5.74) is 1.80. The fraction of sp³-hybridized carbons (Fsp3) is 0.389. The number of hydrogen-bond donors (Lipinski definition) is 2. The van der Waals surface area contributed by atoms with Gasteiger partial charge in [-0.2, -0.15) is 0 Å². The van der Waals surface area contributed by atoms with Crippen LogP contribution in [-0.2, 0) is 4.79 Å². The minimum atomic E-state index is -1.18. The largest absolute Gasteiger partial charge is 0.380 e. The van der Waals surface area contributed by atoms with Crippen molar-refractivity contribution in [2.24, 2.45) is 0 Å². The highest BCUT2D eigenvalue weighted by Gasteiger charge is 2.39. The summed E-state index contributed by atoms with van der Waals surface area (Å²) in [6.45, 7) is 1.93. The zero-order valence-corrected chi connectivity index (χ0v) is 13.2. The summed E-state index contributed by atoms with van der Waals surface area (Å²) in [5.74, 6) is -0.261. The molecule has 5 heteroatoms. The Hall–Kier alpha value is -2.27. The van der Waals surface area contributed by atoms with E-state index in [2.05, 4.69) is 15.3 Å². The molecule has 3 rings (SSSR count). The number of carbonyl (C=O) groups is 1. The molecule has 23 heavy (non-hydrogen) atoms. The maximum absolute atomic E-state index is 12.3. The molecule has 1 saturated carbocycles. The molecule has 0 spiro atoms. The van der Waals surface area contributed by atoms with Crippen LogP contribution >= 0.6 is 0 Å². The molecule has 1 atom stereocenters. The third kappa shape index (κ3) is 3.40. The van der Waals surface area contributed by atoms with Gasteiger partial charge in [-0.3, -0.25) is 4.79 Å². The van der Waals surface area contributed by atoms with Gasteiger partial charge in [0.25, 0.3) is 5.91 Å². The van der Waals surface area contributed by atoms with Crippen molar-refractivity contribution in [2.75, 3.05) is 0 Å². The average molecular weight is 311 g/mol. The lowest BCUT2D eigenvalue weighted by atomic mass is 9.99. The number of aliphatic hydroxyl groups is 1. The molecule has 1 heterocycles. The van der Waals surface area contributed by atoms with Gasteiger partial charge in [0, 0.05) is 18.0 Å². The van der Waals surface area contributed by atoms with Crippen LogP contribution in [0, 0.1) is 0 Å². The summed E-state index contributed by atoms with van der Waals surface area (Å²) in [4.78, 5) is 20.3. The summed E-state index contributed by atoms with van der Waals surface area (Å²) in [6.07, 6.45) is 7.96. The minimum Gasteiger partial charge on any atom is -0.380 e. The van der Waals surface area contributed by atoms with Gasteiger partial charge in [-0.05, 0) is 43.7 Å². The summed E-state index contributed by atoms with van der Waals surface area (Å²) >= 11 is 0. The van der Waals surface area contributed by atoms with E-state index in [1.54, 1.807) is 12.4 Å². The number of amides is 1. The Balaban J connectivity index is 1.68. The molecule has 1 fully saturated rings. The van der Waals surface area contributed by atoms with Gasteiger partial charge in [0.05, 0.1) is 6.04 Å². The molecule has 1 aromatic heterocycles. The highest BCUT2D eigenvalue weighted by molar-refractivity contribution is 5.85. The zero-order chi connectivity index (χ0) is 16.3. The van der Waals surface area contributed by atoms with Gasteiger partial charge in [0.1, 0.15) is 11.9 Å². The molecule has 0 bridgehead atoms. The van der Waals surface area contributed by atoms with Gasteiger partial charge in [-0.1, -0.05) is 24.3 Å². The SMILES string of the molecule is CC(NC(=O)C1(O)CCCC1)c1ccc(-c2cncnc2)cc1. The van der Waals surface area contributed by atoms with Crippen LogP contribution in [0.25, 0.3) is 11.1 Å². The van der Waals surface area contributed by atoms with Gasteiger partial charge in [-0.15, -0.1) is 0 Å². The van der Waals surface area contributed by atoms with Crippen LogP contribution in [0.4, 0.5) is 0 Å². The molecular weight excluding hydrogens is 290 g/mol. The molecule has 5 nitrogen and oxygen atoms in total. The first-order valence-electron chi connectivity index (χ1n) is 7.97. The number of hydrogen-bond acceptors (Lipinski definition) is 4. The molecule has 2 N–H and O–H groups in total. The van der Waals surface area contributed by atoms with Gasteiger partial charge in [0.15, 0.2) is 0 Å². The van der Waals surface area contributed by atoms with Crippen LogP contribution in [0.15, 0.2) is 43.0 Å². The highest BCUT2D eigenvalue weighted by atomic mass is 16.3. The quantitative estimate of drug-likeness (QED) is 0.910. The molecule has 1 aliphatic carbocycles. The van der Waals surface area contributed by atoms with E-state index in [4.69, 9.17) is 0 Å². The molecule has 0 saturated heterocycles. The molecule has 0 aliphatic heterocycles. The number of benzene rings is 1. The fourth-order valence-electron chi connectivity index (χ4n) is 3.01. The molecule has 1 aromatic carbocycles. The molecular formula is C18H21N3O2. The molecule has 1 aliphatic rings. The van der Waals surface area contributed by atoms with E-state index in [1.807, 2.05) is 31.2 Å². The molecule has 120 valence electrons. The number of rotatable bonds is 4. The zero-order valence-electron chi connectivity index (χ0n) is 13.2. The van der Waals surface area contributed by atoms with Crippen LogP contribution in [0.3, 0.4) is 0 Å². The first-order valence-corrected chi connectivity index (χ1v) is 7.97. The van der Waals surface area contributed by atoms with Gasteiger partial charge >= 0.3 is 0 Å². The van der Waals surface area contributed by atoms with Gasteiger partial charge < -0.3 is 10.4 Å². The van der Waals surface area contributed by atoms with Crippen LogP contribution in [0.2, 0.25) is 0 Å². The summed E-state index contributed by atoms with van der Waals surface area (Å²) in [6, 6.07) is 7.79. The number of nitrogens with zero attached hydrogens (tertiary/aromatic N) is 2. The first-order chi connectivity index (χ1) is 11.1. The fourth-order valence-corrected chi connectivity index (χ4v) is 3.01. The number of aromatic nitrogens is 2. The Morgan fingerprint density at radius 2 is 1.74 bits per heavy atom. The lowest BCUT2D eigenvalue weighted by molar-refractivity contribution is -0.139. The van der Waals surface area contributed by atoms with Gasteiger partial charge in [-0.25, -0.2) is 9.97 Å². The predicted octanol–water partition coefficient (Wildman–Crippen LogP) is 2.63. The molecule has 0 radical (unpaired) electrons. The van der Waals surface area contributed by atoms with Crippen LogP contribution in [-0.4, -0.2) is 26.6 Å². The summed E-state index contributed by atoms with van der Waals surface area (Å²) < 4.78 is 0. The van der Waals surface area contributed by atoms with E-state index in [9.17, 15) is 9.90 Å². The second-order valence-corrected chi connectivity index (χ2v) is 6.18. The maximum atomic E-state index is 12.3.